The van der Waals surface area contributed by atoms with Crippen molar-refractivity contribution in [3.63, 3.8) is 0 Å². The Balaban J connectivity index is 2.30. The highest BCUT2D eigenvalue weighted by Gasteiger charge is 2.54. The van der Waals surface area contributed by atoms with Crippen LogP contribution in [0.2, 0.25) is 0 Å². The molecule has 0 amide bonds. The van der Waals surface area contributed by atoms with E-state index < -0.39 is 10.7 Å². The molecule has 0 spiro atoms. The van der Waals surface area contributed by atoms with E-state index in [4.69, 9.17) is 16.3 Å². The lowest BCUT2D eigenvalue weighted by Crippen LogP contribution is -2.56. The molecule has 0 saturated heterocycles. The maximum Gasteiger partial charge on any atom is 0.314 e. The van der Waals surface area contributed by atoms with E-state index in [-0.39, 0.29) is 28.3 Å². The number of hydrogen-bond donors (Lipinski definition) is 0. The van der Waals surface area contributed by atoms with Crippen molar-refractivity contribution in [3.05, 3.63) is 34.1 Å². The Labute approximate surface area is 122 Å². The van der Waals surface area contributed by atoms with Gasteiger partial charge in [0.25, 0.3) is 0 Å². The average Bonchev–Trinajstić information content (AvgIpc) is 2.41. The summed E-state index contributed by atoms with van der Waals surface area (Å²) in [7, 11) is 0. The number of benzene rings is 1. The second kappa shape index (κ2) is 5.56. The Bertz CT molecular complexity index is 519. The Morgan fingerprint density at radius 1 is 1.50 bits per heavy atom. The van der Waals surface area contributed by atoms with Gasteiger partial charge in [0.2, 0.25) is 5.75 Å². The van der Waals surface area contributed by atoms with Crippen LogP contribution >= 0.6 is 11.6 Å². The molecule has 0 heterocycles. The first-order chi connectivity index (χ1) is 9.46. The van der Waals surface area contributed by atoms with Crippen LogP contribution in [-0.4, -0.2) is 16.4 Å². The first-order valence-corrected chi connectivity index (χ1v) is 7.13. The van der Waals surface area contributed by atoms with Crippen LogP contribution in [0.15, 0.2) is 18.2 Å². The number of hydrogen-bond acceptors (Lipinski definition) is 3. The number of nitro groups is 1. The van der Waals surface area contributed by atoms with Crippen molar-refractivity contribution in [2.24, 2.45) is 5.41 Å². The summed E-state index contributed by atoms with van der Waals surface area (Å²) in [5.41, 5.74) is -0.582. The number of nitrogens with zero attached hydrogens (tertiary/aromatic N) is 1. The molecule has 0 bridgehead atoms. The molecule has 0 aromatic heterocycles. The Kier molecular flexibility index (Phi) is 4.18. The number of ether oxygens (including phenoxy) is 1. The van der Waals surface area contributed by atoms with E-state index in [2.05, 4.69) is 0 Å². The fraction of sp³-hybridized carbons (Fsp3) is 0.571. The van der Waals surface area contributed by atoms with Crippen molar-refractivity contribution in [1.29, 1.82) is 0 Å². The lowest BCUT2D eigenvalue weighted by atomic mass is 9.62. The monoisotopic (exact) mass is 301 g/mol. The summed E-state index contributed by atoms with van der Waals surface area (Å²) < 4.78 is 19.5. The molecule has 0 aliphatic heterocycles. The van der Waals surface area contributed by atoms with Crippen LogP contribution in [0, 0.1) is 21.3 Å². The van der Waals surface area contributed by atoms with Crippen LogP contribution in [0.3, 0.4) is 0 Å². The van der Waals surface area contributed by atoms with Crippen LogP contribution in [-0.2, 0) is 0 Å². The molecular weight excluding hydrogens is 285 g/mol. The second-order valence-electron chi connectivity index (χ2n) is 5.10. The molecule has 1 saturated carbocycles. The van der Waals surface area contributed by atoms with Crippen LogP contribution in [0.25, 0.3) is 0 Å². The SMILES string of the molecule is CCC1(CC)C(Cl)CC1Oc1c(F)cccc1[N+](=O)[O-]. The molecule has 20 heavy (non-hydrogen) atoms. The molecule has 1 aliphatic rings. The molecule has 6 heteroatoms. The molecule has 1 fully saturated rings. The zero-order valence-electron chi connectivity index (χ0n) is 11.4. The predicted molar refractivity (Wildman–Crippen MR) is 74.7 cm³/mol. The first-order valence-electron chi connectivity index (χ1n) is 6.69. The third kappa shape index (κ3) is 2.24. The van der Waals surface area contributed by atoms with Crippen LogP contribution in [0.1, 0.15) is 33.1 Å². The fourth-order valence-corrected chi connectivity index (χ4v) is 3.52. The molecular formula is C14H17ClFNO3. The number of alkyl halides is 1. The van der Waals surface area contributed by atoms with E-state index >= 15 is 0 Å². The molecule has 0 radical (unpaired) electrons. The van der Waals surface area contributed by atoms with Gasteiger partial charge in [-0.25, -0.2) is 4.39 Å². The molecule has 2 unspecified atom stereocenters. The van der Waals surface area contributed by atoms with E-state index in [0.717, 1.165) is 12.8 Å². The quantitative estimate of drug-likeness (QED) is 0.463. The summed E-state index contributed by atoms with van der Waals surface area (Å²) in [5.74, 6) is -0.990. The van der Waals surface area contributed by atoms with Crippen LogP contribution in [0.4, 0.5) is 10.1 Å². The third-order valence-corrected chi connectivity index (χ3v) is 5.02. The maximum atomic E-state index is 13.8. The average molecular weight is 302 g/mol. The first kappa shape index (κ1) is 15.0. The summed E-state index contributed by atoms with van der Waals surface area (Å²) in [6.07, 6.45) is 1.89. The van der Waals surface area contributed by atoms with Gasteiger partial charge in [-0.15, -0.1) is 11.6 Å². The minimum absolute atomic E-state index is 0.0340. The molecule has 110 valence electrons. The third-order valence-electron chi connectivity index (χ3n) is 4.41. The molecule has 2 rings (SSSR count). The van der Waals surface area contributed by atoms with Gasteiger partial charge in [-0.05, 0) is 18.9 Å². The highest BCUT2D eigenvalue weighted by atomic mass is 35.5. The summed E-state index contributed by atoms with van der Waals surface area (Å²) in [6, 6.07) is 3.71. The van der Waals surface area contributed by atoms with Gasteiger partial charge in [0.15, 0.2) is 5.82 Å². The summed E-state index contributed by atoms with van der Waals surface area (Å²) >= 11 is 6.27. The zero-order valence-corrected chi connectivity index (χ0v) is 12.2. The van der Waals surface area contributed by atoms with E-state index in [1.807, 2.05) is 13.8 Å². The minimum Gasteiger partial charge on any atom is -0.481 e. The normalized spacial score (nSPS) is 24.0. The molecule has 1 aromatic carbocycles. The van der Waals surface area contributed by atoms with Crippen molar-refractivity contribution in [1.82, 2.24) is 0 Å². The number of halogens is 2. The van der Waals surface area contributed by atoms with E-state index in [1.165, 1.54) is 18.2 Å². The highest BCUT2D eigenvalue weighted by molar-refractivity contribution is 6.21. The summed E-state index contributed by atoms with van der Waals surface area (Å²) in [5, 5.41) is 10.9. The lowest BCUT2D eigenvalue weighted by Gasteiger charge is -2.52. The Morgan fingerprint density at radius 2 is 2.15 bits per heavy atom. The van der Waals surface area contributed by atoms with Crippen molar-refractivity contribution < 1.29 is 14.1 Å². The standard InChI is InChI=1S/C14H17ClFNO3/c1-3-14(4-2)11(15)8-12(14)20-13-9(16)6-5-7-10(13)17(18)19/h5-7,11-12H,3-4,8H2,1-2H3. The van der Waals surface area contributed by atoms with Crippen molar-refractivity contribution >= 4 is 17.3 Å². The van der Waals surface area contributed by atoms with Gasteiger partial charge in [0.1, 0.15) is 6.10 Å². The molecule has 0 N–H and O–H groups in total. The van der Waals surface area contributed by atoms with Crippen LogP contribution in [0.5, 0.6) is 5.75 Å². The Hall–Kier alpha value is -1.36. The van der Waals surface area contributed by atoms with Crippen molar-refractivity contribution in [3.8, 4) is 5.75 Å². The van der Waals surface area contributed by atoms with Crippen LogP contribution < -0.4 is 4.74 Å². The lowest BCUT2D eigenvalue weighted by molar-refractivity contribution is -0.386. The van der Waals surface area contributed by atoms with Gasteiger partial charge in [0.05, 0.1) is 4.92 Å². The van der Waals surface area contributed by atoms with E-state index in [1.54, 1.807) is 0 Å². The minimum atomic E-state index is -0.710. The summed E-state index contributed by atoms with van der Waals surface area (Å²) in [4.78, 5) is 10.3. The molecule has 4 nitrogen and oxygen atoms in total. The maximum absolute atomic E-state index is 13.8. The summed E-state index contributed by atoms with van der Waals surface area (Å²) in [6.45, 7) is 4.01. The number of rotatable bonds is 5. The fourth-order valence-electron chi connectivity index (χ4n) is 2.91. The molecule has 1 aliphatic carbocycles. The topological polar surface area (TPSA) is 52.4 Å². The van der Waals surface area contributed by atoms with Gasteiger partial charge in [-0.3, -0.25) is 10.1 Å². The van der Waals surface area contributed by atoms with Gasteiger partial charge in [-0.2, -0.15) is 0 Å². The van der Waals surface area contributed by atoms with Gasteiger partial charge in [0, 0.05) is 23.3 Å². The molecule has 2 atom stereocenters. The largest absolute Gasteiger partial charge is 0.481 e. The smallest absolute Gasteiger partial charge is 0.314 e. The zero-order chi connectivity index (χ0) is 14.9. The second-order valence-corrected chi connectivity index (χ2v) is 5.62. The number of para-hydroxylation sites is 1. The van der Waals surface area contributed by atoms with Gasteiger partial charge < -0.3 is 4.74 Å². The van der Waals surface area contributed by atoms with E-state index in [0.29, 0.717) is 6.42 Å². The Morgan fingerprint density at radius 3 is 2.65 bits per heavy atom. The van der Waals surface area contributed by atoms with Gasteiger partial charge >= 0.3 is 5.69 Å². The van der Waals surface area contributed by atoms with Gasteiger partial charge in [-0.1, -0.05) is 19.9 Å². The molecule has 1 aromatic rings. The van der Waals surface area contributed by atoms with Crippen molar-refractivity contribution in [2.75, 3.05) is 0 Å². The highest BCUT2D eigenvalue weighted by Crippen LogP contribution is 2.52. The van der Waals surface area contributed by atoms with E-state index in [9.17, 15) is 14.5 Å². The number of nitro benzene ring substituents is 1. The van der Waals surface area contributed by atoms with Crippen molar-refractivity contribution in [2.45, 2.75) is 44.6 Å². The predicted octanol–water partition coefficient (Wildman–Crippen LogP) is 4.30.